The van der Waals surface area contributed by atoms with Gasteiger partial charge in [0.25, 0.3) is 0 Å². The molecule has 2 amide bonds. The third-order valence-corrected chi connectivity index (χ3v) is 4.86. The summed E-state index contributed by atoms with van der Waals surface area (Å²) in [4.78, 5) is 26.7. The minimum atomic E-state index is -0.0926. The van der Waals surface area contributed by atoms with E-state index >= 15 is 0 Å². The van der Waals surface area contributed by atoms with Crippen LogP contribution in [0.1, 0.15) is 69.6 Å². The van der Waals surface area contributed by atoms with E-state index in [-0.39, 0.29) is 30.1 Å². The van der Waals surface area contributed by atoms with Crippen LogP contribution in [0.15, 0.2) is 42.5 Å². The number of benzene rings is 2. The maximum absolute atomic E-state index is 12.5. The molecule has 1 N–H and O–H groups in total. The largest absolute Gasteiger partial charge is 0.326 e. The highest BCUT2D eigenvalue weighted by atomic mass is 16.2. The first-order valence-electron chi connectivity index (χ1n) is 9.98. The number of nitrogens with one attached hydrogen (secondary N) is 1. The van der Waals surface area contributed by atoms with E-state index in [4.69, 9.17) is 0 Å². The van der Waals surface area contributed by atoms with Crippen molar-refractivity contribution >= 4 is 23.2 Å². The number of para-hydroxylation sites is 1. The zero-order valence-corrected chi connectivity index (χ0v) is 17.9. The molecule has 0 aliphatic heterocycles. The van der Waals surface area contributed by atoms with E-state index in [0.29, 0.717) is 6.54 Å². The molecule has 0 saturated heterocycles. The number of carbonyl (C=O) groups is 2. The normalized spacial score (nSPS) is 11.0. The molecule has 0 fully saturated rings. The molecule has 0 bridgehead atoms. The fraction of sp³-hybridized carbons (Fsp3) is 0.417. The number of anilines is 2. The first-order valence-corrected chi connectivity index (χ1v) is 9.98. The van der Waals surface area contributed by atoms with E-state index in [1.807, 2.05) is 31.2 Å². The lowest BCUT2D eigenvalue weighted by Gasteiger charge is -2.29. The van der Waals surface area contributed by atoms with E-state index in [1.165, 1.54) is 0 Å². The van der Waals surface area contributed by atoms with Gasteiger partial charge in [-0.2, -0.15) is 0 Å². The van der Waals surface area contributed by atoms with E-state index in [9.17, 15) is 9.59 Å². The highest BCUT2D eigenvalue weighted by Crippen LogP contribution is 2.35. The number of carbonyl (C=O) groups excluding carboxylic acids is 2. The van der Waals surface area contributed by atoms with Gasteiger partial charge in [-0.3, -0.25) is 9.59 Å². The Hall–Kier alpha value is -2.62. The zero-order chi connectivity index (χ0) is 20.8. The molecule has 150 valence electrons. The number of hydrogen-bond donors (Lipinski definition) is 1. The molecule has 28 heavy (non-hydrogen) atoms. The molecule has 0 spiro atoms. The Morgan fingerprint density at radius 1 is 0.964 bits per heavy atom. The maximum atomic E-state index is 12.5. The number of aryl methyl sites for hydroxylation is 1. The van der Waals surface area contributed by atoms with Crippen LogP contribution in [0.4, 0.5) is 11.4 Å². The van der Waals surface area contributed by atoms with Gasteiger partial charge in [-0.15, -0.1) is 0 Å². The third kappa shape index (κ3) is 5.44. The van der Waals surface area contributed by atoms with Crippen LogP contribution in [0.5, 0.6) is 0 Å². The second kappa shape index (κ2) is 9.54. The number of hydrogen-bond acceptors (Lipinski definition) is 2. The SMILES string of the molecule is CC(=O)N(CCC(=O)Nc1cccc(C)c1)c1c(C(C)C)cccc1C(C)C. The summed E-state index contributed by atoms with van der Waals surface area (Å²) in [6.07, 6.45) is 0.248. The molecule has 4 nitrogen and oxygen atoms in total. The maximum Gasteiger partial charge on any atom is 0.226 e. The molecule has 0 saturated carbocycles. The predicted molar refractivity (Wildman–Crippen MR) is 117 cm³/mol. The minimum Gasteiger partial charge on any atom is -0.326 e. The van der Waals surface area contributed by atoms with Gasteiger partial charge in [0.15, 0.2) is 0 Å². The lowest BCUT2D eigenvalue weighted by Crippen LogP contribution is -2.34. The van der Waals surface area contributed by atoms with Gasteiger partial charge >= 0.3 is 0 Å². The summed E-state index contributed by atoms with van der Waals surface area (Å²) in [6.45, 7) is 12.4. The van der Waals surface area contributed by atoms with Gasteiger partial charge < -0.3 is 10.2 Å². The highest BCUT2D eigenvalue weighted by Gasteiger charge is 2.22. The average molecular weight is 381 g/mol. The molecule has 2 rings (SSSR count). The van der Waals surface area contributed by atoms with Gasteiger partial charge in [-0.1, -0.05) is 58.0 Å². The number of amides is 2. The highest BCUT2D eigenvalue weighted by molar-refractivity contribution is 5.96. The topological polar surface area (TPSA) is 49.4 Å². The third-order valence-electron chi connectivity index (χ3n) is 4.86. The Balaban J connectivity index is 2.24. The molecular weight excluding hydrogens is 348 g/mol. The van der Waals surface area contributed by atoms with Crippen molar-refractivity contribution in [1.82, 2.24) is 0 Å². The number of rotatable bonds is 7. The molecule has 0 atom stereocenters. The van der Waals surface area contributed by atoms with Crippen LogP contribution in [0.25, 0.3) is 0 Å². The first-order chi connectivity index (χ1) is 13.2. The molecule has 0 aromatic heterocycles. The van der Waals surface area contributed by atoms with Gasteiger partial charge in [-0.25, -0.2) is 0 Å². The lowest BCUT2D eigenvalue weighted by molar-refractivity contribution is -0.117. The van der Waals surface area contributed by atoms with Gasteiger partial charge in [0.2, 0.25) is 11.8 Å². The standard InChI is InChI=1S/C24H32N2O2/c1-16(2)21-11-8-12-22(17(3)4)24(21)26(19(6)27)14-13-23(28)25-20-10-7-9-18(5)15-20/h7-12,15-17H,13-14H2,1-6H3,(H,25,28). The van der Waals surface area contributed by atoms with E-state index < -0.39 is 0 Å². The van der Waals surface area contributed by atoms with Gasteiger partial charge in [0, 0.05) is 25.6 Å². The Morgan fingerprint density at radius 2 is 1.54 bits per heavy atom. The van der Waals surface area contributed by atoms with Gasteiger partial charge in [0.05, 0.1) is 5.69 Å². The Kier molecular flexibility index (Phi) is 7.38. The van der Waals surface area contributed by atoms with Crippen molar-refractivity contribution < 1.29 is 9.59 Å². The van der Waals surface area contributed by atoms with Crippen molar-refractivity contribution in [3.05, 3.63) is 59.2 Å². The van der Waals surface area contributed by atoms with Crippen molar-refractivity contribution in [2.24, 2.45) is 0 Å². The van der Waals surface area contributed by atoms with Crippen LogP contribution in [-0.4, -0.2) is 18.4 Å². The van der Waals surface area contributed by atoms with Crippen molar-refractivity contribution in [2.45, 2.75) is 59.8 Å². The number of nitrogens with zero attached hydrogens (tertiary/aromatic N) is 1. The molecule has 2 aromatic carbocycles. The summed E-state index contributed by atoms with van der Waals surface area (Å²) < 4.78 is 0. The zero-order valence-electron chi connectivity index (χ0n) is 17.9. The molecule has 0 aliphatic rings. The molecule has 2 aromatic rings. The summed E-state index contributed by atoms with van der Waals surface area (Å²) in [5.74, 6) is 0.441. The molecule has 0 unspecified atom stereocenters. The second-order valence-electron chi connectivity index (χ2n) is 7.93. The van der Waals surface area contributed by atoms with E-state index in [2.05, 4.69) is 51.2 Å². The fourth-order valence-corrected chi connectivity index (χ4v) is 3.41. The molecule has 0 heterocycles. The Labute approximate surface area is 169 Å². The van der Waals surface area contributed by atoms with Crippen molar-refractivity contribution in [3.8, 4) is 0 Å². The van der Waals surface area contributed by atoms with Crippen LogP contribution >= 0.6 is 0 Å². The molecule has 4 heteroatoms. The summed E-state index contributed by atoms with van der Waals surface area (Å²) in [5.41, 5.74) is 5.12. The van der Waals surface area contributed by atoms with Crippen LogP contribution < -0.4 is 10.2 Å². The van der Waals surface area contributed by atoms with E-state index in [0.717, 1.165) is 28.1 Å². The minimum absolute atomic E-state index is 0.0432. The quantitative estimate of drug-likeness (QED) is 0.677. The lowest BCUT2D eigenvalue weighted by atomic mass is 9.91. The molecular formula is C24H32N2O2. The smallest absolute Gasteiger partial charge is 0.226 e. The van der Waals surface area contributed by atoms with Gasteiger partial charge in [-0.05, 0) is 47.6 Å². The first kappa shape index (κ1) is 21.7. The van der Waals surface area contributed by atoms with Gasteiger partial charge in [0.1, 0.15) is 0 Å². The molecule has 0 radical (unpaired) electrons. The monoisotopic (exact) mass is 380 g/mol. The van der Waals surface area contributed by atoms with E-state index in [1.54, 1.807) is 11.8 Å². The summed E-state index contributed by atoms with van der Waals surface area (Å²) in [6, 6.07) is 13.9. The summed E-state index contributed by atoms with van der Waals surface area (Å²) in [5, 5.41) is 2.93. The van der Waals surface area contributed by atoms with Crippen molar-refractivity contribution in [1.29, 1.82) is 0 Å². The summed E-state index contributed by atoms with van der Waals surface area (Å²) in [7, 11) is 0. The van der Waals surface area contributed by atoms with Crippen molar-refractivity contribution in [2.75, 3.05) is 16.8 Å². The van der Waals surface area contributed by atoms with Crippen molar-refractivity contribution in [3.63, 3.8) is 0 Å². The van der Waals surface area contributed by atoms with Crippen LogP contribution in [-0.2, 0) is 9.59 Å². The summed E-state index contributed by atoms with van der Waals surface area (Å²) >= 11 is 0. The molecule has 0 aliphatic carbocycles. The second-order valence-corrected chi connectivity index (χ2v) is 7.93. The Bertz CT molecular complexity index is 814. The Morgan fingerprint density at radius 3 is 2.04 bits per heavy atom. The predicted octanol–water partition coefficient (Wildman–Crippen LogP) is 5.62. The van der Waals surface area contributed by atoms with Crippen LogP contribution in [0, 0.1) is 6.92 Å². The van der Waals surface area contributed by atoms with Crippen LogP contribution in [0.3, 0.4) is 0 Å². The average Bonchev–Trinajstić information content (AvgIpc) is 2.61. The van der Waals surface area contributed by atoms with Crippen LogP contribution in [0.2, 0.25) is 0 Å². The fourth-order valence-electron chi connectivity index (χ4n) is 3.41.